The standard InChI is InChI=1S/C22H29NO4/c1-16(2)11-12-26-20-10-7-18(13-21(20)25-4)14-23-22(24)15-27-19-8-5-17(3)6-9-19/h5-10,13,16H,11-12,14-15H2,1-4H3,(H,23,24). The Hall–Kier alpha value is -2.69. The molecule has 0 aliphatic rings. The van der Waals surface area contributed by atoms with Gasteiger partial charge in [0.15, 0.2) is 18.1 Å². The molecule has 0 bridgehead atoms. The topological polar surface area (TPSA) is 56.8 Å². The highest BCUT2D eigenvalue weighted by atomic mass is 16.5. The van der Waals surface area contributed by atoms with E-state index in [1.54, 1.807) is 7.11 Å². The summed E-state index contributed by atoms with van der Waals surface area (Å²) in [5.74, 6) is 2.48. The van der Waals surface area contributed by atoms with E-state index >= 15 is 0 Å². The fourth-order valence-corrected chi connectivity index (χ4v) is 2.38. The Morgan fingerprint density at radius 2 is 1.78 bits per heavy atom. The van der Waals surface area contributed by atoms with Gasteiger partial charge in [-0.2, -0.15) is 0 Å². The van der Waals surface area contributed by atoms with Crippen molar-refractivity contribution in [3.05, 3.63) is 53.6 Å². The molecule has 5 nitrogen and oxygen atoms in total. The average molecular weight is 371 g/mol. The largest absolute Gasteiger partial charge is 0.493 e. The van der Waals surface area contributed by atoms with Crippen LogP contribution in [0.2, 0.25) is 0 Å². The maximum Gasteiger partial charge on any atom is 0.258 e. The van der Waals surface area contributed by atoms with Crippen molar-refractivity contribution in [1.29, 1.82) is 0 Å². The Balaban J connectivity index is 1.81. The van der Waals surface area contributed by atoms with E-state index in [9.17, 15) is 4.79 Å². The molecule has 2 aromatic carbocycles. The molecule has 2 rings (SSSR count). The second-order valence-corrected chi connectivity index (χ2v) is 6.89. The smallest absolute Gasteiger partial charge is 0.258 e. The Kier molecular flexibility index (Phi) is 7.99. The SMILES string of the molecule is COc1cc(CNC(=O)COc2ccc(C)cc2)ccc1OCCC(C)C. The number of amides is 1. The molecule has 1 N–H and O–H groups in total. The van der Waals surface area contributed by atoms with Crippen LogP contribution >= 0.6 is 0 Å². The van der Waals surface area contributed by atoms with E-state index in [4.69, 9.17) is 14.2 Å². The van der Waals surface area contributed by atoms with Crippen molar-refractivity contribution in [1.82, 2.24) is 5.32 Å². The predicted molar refractivity (Wildman–Crippen MR) is 106 cm³/mol. The second kappa shape index (κ2) is 10.5. The van der Waals surface area contributed by atoms with Gasteiger partial charge < -0.3 is 19.5 Å². The van der Waals surface area contributed by atoms with Crippen LogP contribution < -0.4 is 19.5 Å². The number of carbonyl (C=O) groups is 1. The summed E-state index contributed by atoms with van der Waals surface area (Å²) in [6.45, 7) is 7.37. The summed E-state index contributed by atoms with van der Waals surface area (Å²) in [7, 11) is 1.61. The van der Waals surface area contributed by atoms with Crippen LogP contribution in [0.25, 0.3) is 0 Å². The molecule has 0 atom stereocenters. The minimum atomic E-state index is -0.174. The summed E-state index contributed by atoms with van der Waals surface area (Å²) in [6, 6.07) is 13.3. The number of aryl methyl sites for hydroxylation is 1. The van der Waals surface area contributed by atoms with Crippen molar-refractivity contribution in [3.8, 4) is 17.2 Å². The predicted octanol–water partition coefficient (Wildman–Crippen LogP) is 4.12. The van der Waals surface area contributed by atoms with Crippen LogP contribution in [-0.4, -0.2) is 26.2 Å². The fourth-order valence-electron chi connectivity index (χ4n) is 2.38. The second-order valence-electron chi connectivity index (χ2n) is 6.89. The molecule has 0 spiro atoms. The molecule has 0 saturated heterocycles. The third-order valence-electron chi connectivity index (χ3n) is 4.06. The first-order valence-corrected chi connectivity index (χ1v) is 9.24. The Morgan fingerprint density at radius 1 is 1.04 bits per heavy atom. The molecule has 5 heteroatoms. The molecule has 0 unspecified atom stereocenters. The lowest BCUT2D eigenvalue weighted by molar-refractivity contribution is -0.123. The zero-order chi connectivity index (χ0) is 19.6. The summed E-state index contributed by atoms with van der Waals surface area (Å²) in [6.07, 6.45) is 0.988. The van der Waals surface area contributed by atoms with Gasteiger partial charge in [-0.1, -0.05) is 37.6 Å². The van der Waals surface area contributed by atoms with E-state index in [2.05, 4.69) is 19.2 Å². The Labute approximate surface area is 161 Å². The van der Waals surface area contributed by atoms with E-state index in [-0.39, 0.29) is 12.5 Å². The molecule has 2 aromatic rings. The molecule has 0 aliphatic carbocycles. The first-order valence-electron chi connectivity index (χ1n) is 9.24. The van der Waals surface area contributed by atoms with Crippen LogP contribution in [-0.2, 0) is 11.3 Å². The highest BCUT2D eigenvalue weighted by molar-refractivity contribution is 5.77. The maximum absolute atomic E-state index is 12.0. The van der Waals surface area contributed by atoms with Crippen LogP contribution in [0.1, 0.15) is 31.4 Å². The van der Waals surface area contributed by atoms with E-state index < -0.39 is 0 Å². The van der Waals surface area contributed by atoms with Crippen LogP contribution in [0.5, 0.6) is 17.2 Å². The first kappa shape index (κ1) is 20.6. The molecule has 0 heterocycles. The van der Waals surface area contributed by atoms with E-state index in [1.807, 2.05) is 49.4 Å². The van der Waals surface area contributed by atoms with Crippen LogP contribution in [0.4, 0.5) is 0 Å². The van der Waals surface area contributed by atoms with Gasteiger partial charge in [-0.15, -0.1) is 0 Å². The van der Waals surface area contributed by atoms with Gasteiger partial charge >= 0.3 is 0 Å². The average Bonchev–Trinajstić information content (AvgIpc) is 2.66. The van der Waals surface area contributed by atoms with E-state index in [1.165, 1.54) is 0 Å². The highest BCUT2D eigenvalue weighted by Crippen LogP contribution is 2.28. The van der Waals surface area contributed by atoms with Crippen molar-refractivity contribution in [2.45, 2.75) is 33.7 Å². The molecular formula is C22H29NO4. The molecular weight excluding hydrogens is 342 g/mol. The minimum absolute atomic E-state index is 0.0173. The van der Waals surface area contributed by atoms with Gasteiger partial charge in [0.1, 0.15) is 5.75 Å². The lowest BCUT2D eigenvalue weighted by Crippen LogP contribution is -2.28. The quantitative estimate of drug-likeness (QED) is 0.682. The summed E-state index contributed by atoms with van der Waals surface area (Å²) < 4.78 is 16.7. The van der Waals surface area contributed by atoms with Crippen LogP contribution in [0, 0.1) is 12.8 Å². The van der Waals surface area contributed by atoms with Crippen LogP contribution in [0.3, 0.4) is 0 Å². The number of carbonyl (C=O) groups excluding carboxylic acids is 1. The van der Waals surface area contributed by atoms with Gasteiger partial charge in [-0.3, -0.25) is 4.79 Å². The minimum Gasteiger partial charge on any atom is -0.493 e. The number of hydrogen-bond donors (Lipinski definition) is 1. The fraction of sp³-hybridized carbons (Fsp3) is 0.409. The zero-order valence-corrected chi connectivity index (χ0v) is 16.6. The lowest BCUT2D eigenvalue weighted by atomic mass is 10.1. The maximum atomic E-state index is 12.0. The number of methoxy groups -OCH3 is 1. The third-order valence-corrected chi connectivity index (χ3v) is 4.06. The van der Waals surface area contributed by atoms with Crippen molar-refractivity contribution < 1.29 is 19.0 Å². The summed E-state index contributed by atoms with van der Waals surface area (Å²) in [4.78, 5) is 12.0. The monoisotopic (exact) mass is 371 g/mol. The van der Waals surface area contributed by atoms with Gasteiger partial charge in [0.05, 0.1) is 13.7 Å². The number of nitrogens with one attached hydrogen (secondary N) is 1. The van der Waals surface area contributed by atoms with E-state index in [0.717, 1.165) is 23.3 Å². The highest BCUT2D eigenvalue weighted by Gasteiger charge is 2.08. The molecule has 0 radical (unpaired) electrons. The number of hydrogen-bond acceptors (Lipinski definition) is 4. The van der Waals surface area contributed by atoms with Gasteiger partial charge in [0.2, 0.25) is 0 Å². The van der Waals surface area contributed by atoms with Crippen molar-refractivity contribution in [3.63, 3.8) is 0 Å². The molecule has 0 aromatic heterocycles. The Bertz CT molecular complexity index is 726. The molecule has 1 amide bonds. The number of rotatable bonds is 10. The first-order chi connectivity index (χ1) is 13.0. The van der Waals surface area contributed by atoms with Crippen molar-refractivity contribution in [2.75, 3.05) is 20.3 Å². The molecule has 0 aliphatic heterocycles. The Morgan fingerprint density at radius 3 is 2.44 bits per heavy atom. The van der Waals surface area contributed by atoms with Gasteiger partial charge in [0.25, 0.3) is 5.91 Å². The molecule has 146 valence electrons. The third kappa shape index (κ3) is 7.21. The normalized spacial score (nSPS) is 10.6. The summed E-state index contributed by atoms with van der Waals surface area (Å²) in [5.41, 5.74) is 2.09. The molecule has 0 saturated carbocycles. The van der Waals surface area contributed by atoms with E-state index in [0.29, 0.717) is 30.6 Å². The van der Waals surface area contributed by atoms with Gasteiger partial charge in [-0.25, -0.2) is 0 Å². The van der Waals surface area contributed by atoms with Gasteiger partial charge in [0, 0.05) is 6.54 Å². The summed E-state index contributed by atoms with van der Waals surface area (Å²) in [5, 5.41) is 2.85. The molecule has 0 fully saturated rings. The zero-order valence-electron chi connectivity index (χ0n) is 16.6. The van der Waals surface area contributed by atoms with Crippen molar-refractivity contribution >= 4 is 5.91 Å². The van der Waals surface area contributed by atoms with Gasteiger partial charge in [-0.05, 0) is 49.1 Å². The lowest BCUT2D eigenvalue weighted by Gasteiger charge is -2.13. The number of benzene rings is 2. The number of ether oxygens (including phenoxy) is 3. The summed E-state index contributed by atoms with van der Waals surface area (Å²) >= 11 is 0. The van der Waals surface area contributed by atoms with Crippen molar-refractivity contribution in [2.24, 2.45) is 5.92 Å². The molecule has 27 heavy (non-hydrogen) atoms. The van der Waals surface area contributed by atoms with Crippen LogP contribution in [0.15, 0.2) is 42.5 Å².